The molecule has 0 aliphatic heterocycles. The maximum absolute atomic E-state index is 6.01. The van der Waals surface area contributed by atoms with Crippen LogP contribution < -0.4 is 5.73 Å². The monoisotopic (exact) mass is 641 g/mol. The SMILES string of the molecule is C=C(C)CCCC.C=C(C)c1cccc(C)c1.C=C=C(C)/C=C/C.C=CN=C(Cc1cc(C)ccc1N)C(C)=C(C)C.CC.CCC. The Morgan fingerprint density at radius 2 is 1.45 bits per heavy atom. The van der Waals surface area contributed by atoms with Crippen LogP contribution in [0, 0.1) is 13.8 Å². The van der Waals surface area contributed by atoms with Crippen molar-refractivity contribution in [3.8, 4) is 0 Å². The van der Waals surface area contributed by atoms with Gasteiger partial charge in [-0.15, -0.1) is 12.3 Å². The van der Waals surface area contributed by atoms with Crippen molar-refractivity contribution in [2.75, 3.05) is 5.73 Å². The highest BCUT2D eigenvalue weighted by Gasteiger charge is 2.08. The first-order chi connectivity index (χ1) is 22.1. The lowest BCUT2D eigenvalue weighted by atomic mass is 9.98. The van der Waals surface area contributed by atoms with Crippen LogP contribution in [0.3, 0.4) is 0 Å². The predicted molar refractivity (Wildman–Crippen MR) is 222 cm³/mol. The van der Waals surface area contributed by atoms with Crippen molar-refractivity contribution in [1.82, 2.24) is 0 Å². The highest BCUT2D eigenvalue weighted by molar-refractivity contribution is 6.02. The Hall–Kier alpha value is -3.87. The lowest BCUT2D eigenvalue weighted by Gasteiger charge is -2.11. The number of anilines is 1. The Bertz CT molecular complexity index is 1290. The van der Waals surface area contributed by atoms with Gasteiger partial charge in [-0.2, -0.15) is 0 Å². The standard InChI is InChI=1S/C16H22N2.C10H12.C7H14.C7H10.C3H8.C2H6/c1-6-18-16(13(5)11(2)3)10-14-9-12(4)7-8-15(14)17;1-8(2)10-6-4-5-9(3)7-10;1-4-5-6-7(2)3;1-4-6-7(3)5-2;1-3-2;1-2/h6-9H,1,10,17H2,2-5H3;4-7H,1H2,2-3H3;2,4-6H2,1,3H3;4,6H,2H2,1,3H3;3H2,1-2H3;1-2H3/b;;;6-4+;;. The fourth-order valence-corrected chi connectivity index (χ4v) is 3.44. The molecule has 0 aromatic heterocycles. The number of benzene rings is 2. The number of hydrogen-bond donors (Lipinski definition) is 1. The fourth-order valence-electron chi connectivity index (χ4n) is 3.44. The average Bonchev–Trinajstić information content (AvgIpc) is 3.03. The third-order valence-corrected chi connectivity index (χ3v) is 6.25. The highest BCUT2D eigenvalue weighted by Crippen LogP contribution is 2.18. The van der Waals surface area contributed by atoms with E-state index in [-0.39, 0.29) is 0 Å². The molecule has 262 valence electrons. The molecule has 0 saturated carbocycles. The van der Waals surface area contributed by atoms with Gasteiger partial charge in [0.2, 0.25) is 0 Å². The summed E-state index contributed by atoms with van der Waals surface area (Å²) in [6.45, 7) is 43.7. The van der Waals surface area contributed by atoms with Crippen LogP contribution in [0.25, 0.3) is 5.57 Å². The number of hydrogen-bond acceptors (Lipinski definition) is 2. The van der Waals surface area contributed by atoms with E-state index in [0.29, 0.717) is 0 Å². The molecule has 0 bridgehead atoms. The van der Waals surface area contributed by atoms with E-state index in [0.717, 1.165) is 34.5 Å². The first-order valence-corrected chi connectivity index (χ1v) is 17.2. The molecular formula is C45H72N2. The van der Waals surface area contributed by atoms with Gasteiger partial charge in [0.1, 0.15) is 0 Å². The minimum absolute atomic E-state index is 0.747. The summed E-state index contributed by atoms with van der Waals surface area (Å²) >= 11 is 0. The van der Waals surface area contributed by atoms with Crippen LogP contribution in [0.2, 0.25) is 0 Å². The van der Waals surface area contributed by atoms with Crippen LogP contribution >= 0.6 is 0 Å². The maximum Gasteiger partial charge on any atom is 0.0476 e. The number of rotatable bonds is 9. The zero-order valence-electron chi connectivity index (χ0n) is 33.2. The van der Waals surface area contributed by atoms with Gasteiger partial charge >= 0.3 is 0 Å². The third-order valence-electron chi connectivity index (χ3n) is 6.25. The van der Waals surface area contributed by atoms with E-state index < -0.39 is 0 Å². The summed E-state index contributed by atoms with van der Waals surface area (Å²) in [5, 5.41) is 0. The number of nitrogen functional groups attached to an aromatic ring is 1. The Morgan fingerprint density at radius 1 is 0.894 bits per heavy atom. The Balaban J connectivity index is -0.000000271. The maximum atomic E-state index is 6.01. The Morgan fingerprint density at radius 3 is 1.79 bits per heavy atom. The summed E-state index contributed by atoms with van der Waals surface area (Å²) in [4.78, 5) is 4.38. The molecule has 2 N–H and O–H groups in total. The second kappa shape index (κ2) is 33.5. The van der Waals surface area contributed by atoms with Crippen LogP contribution in [0.15, 0.2) is 120 Å². The van der Waals surface area contributed by atoms with Crippen LogP contribution in [0.5, 0.6) is 0 Å². The first-order valence-electron chi connectivity index (χ1n) is 17.2. The number of unbranched alkanes of at least 4 members (excludes halogenated alkanes) is 1. The molecule has 2 rings (SSSR count). The normalized spacial score (nSPS) is 9.45. The molecule has 0 unspecified atom stereocenters. The predicted octanol–water partition coefficient (Wildman–Crippen LogP) is 14.6. The van der Waals surface area contributed by atoms with E-state index in [1.165, 1.54) is 59.1 Å². The van der Waals surface area contributed by atoms with Crippen molar-refractivity contribution in [3.05, 3.63) is 137 Å². The van der Waals surface area contributed by atoms with E-state index in [2.05, 4.69) is 130 Å². The van der Waals surface area contributed by atoms with Crippen molar-refractivity contribution < 1.29 is 0 Å². The van der Waals surface area contributed by atoms with Gasteiger partial charge in [0.25, 0.3) is 0 Å². The Labute approximate surface area is 293 Å². The number of aryl methyl sites for hydroxylation is 2. The number of allylic oxidation sites excluding steroid dienone is 7. The average molecular weight is 641 g/mol. The fraction of sp³-hybridized carbons (Fsp3) is 0.422. The topological polar surface area (TPSA) is 38.4 Å². The minimum atomic E-state index is 0.747. The van der Waals surface area contributed by atoms with Crippen molar-refractivity contribution in [2.24, 2.45) is 4.99 Å². The van der Waals surface area contributed by atoms with Gasteiger partial charge in [0.05, 0.1) is 0 Å². The molecule has 0 spiro atoms. The number of nitrogens with two attached hydrogens (primary N) is 1. The van der Waals surface area contributed by atoms with E-state index in [9.17, 15) is 0 Å². The smallest absolute Gasteiger partial charge is 0.0476 e. The first kappa shape index (κ1) is 50.0. The second-order valence-corrected chi connectivity index (χ2v) is 11.5. The lowest BCUT2D eigenvalue weighted by molar-refractivity contribution is 0.789. The zero-order valence-corrected chi connectivity index (χ0v) is 33.2. The van der Waals surface area contributed by atoms with Crippen LogP contribution in [-0.4, -0.2) is 5.71 Å². The number of aliphatic imine (C=N–C) groups is 1. The van der Waals surface area contributed by atoms with Gasteiger partial charge in [-0.25, -0.2) is 0 Å². The quantitative estimate of drug-likeness (QED) is 0.0956. The molecule has 0 aliphatic carbocycles. The molecule has 0 fully saturated rings. The molecule has 47 heavy (non-hydrogen) atoms. The molecule has 0 radical (unpaired) electrons. The summed E-state index contributed by atoms with van der Waals surface area (Å²) in [6.07, 6.45) is 11.3. The second-order valence-electron chi connectivity index (χ2n) is 11.5. The van der Waals surface area contributed by atoms with Crippen molar-refractivity contribution >= 4 is 17.0 Å². The van der Waals surface area contributed by atoms with E-state index >= 15 is 0 Å². The molecule has 0 aliphatic rings. The molecule has 2 aromatic carbocycles. The zero-order chi connectivity index (χ0) is 37.4. The van der Waals surface area contributed by atoms with Gasteiger partial charge in [-0.05, 0) is 103 Å². The summed E-state index contributed by atoms with van der Waals surface area (Å²) in [7, 11) is 0. The highest BCUT2D eigenvalue weighted by atomic mass is 14.7. The number of nitrogens with zero attached hydrogens (tertiary/aromatic N) is 1. The van der Waals surface area contributed by atoms with Crippen molar-refractivity contribution in [1.29, 1.82) is 0 Å². The van der Waals surface area contributed by atoms with Crippen molar-refractivity contribution in [2.45, 2.75) is 129 Å². The van der Waals surface area contributed by atoms with Gasteiger partial charge in [0.15, 0.2) is 0 Å². The van der Waals surface area contributed by atoms with E-state index in [4.69, 9.17) is 5.73 Å². The summed E-state index contributed by atoms with van der Waals surface area (Å²) in [6, 6.07) is 14.5. The largest absolute Gasteiger partial charge is 0.398 e. The minimum Gasteiger partial charge on any atom is -0.398 e. The van der Waals surface area contributed by atoms with Gasteiger partial charge in [-0.1, -0.05) is 144 Å². The molecule has 2 nitrogen and oxygen atoms in total. The summed E-state index contributed by atoms with van der Waals surface area (Å²) in [5.41, 5.74) is 21.5. The van der Waals surface area contributed by atoms with Gasteiger partial charge in [0, 0.05) is 24.0 Å². The molecule has 0 heterocycles. The van der Waals surface area contributed by atoms with E-state index in [1.54, 1.807) is 6.20 Å². The van der Waals surface area contributed by atoms with Crippen molar-refractivity contribution in [3.63, 3.8) is 0 Å². The van der Waals surface area contributed by atoms with Crippen LogP contribution in [-0.2, 0) is 6.42 Å². The molecular weight excluding hydrogens is 569 g/mol. The molecule has 0 atom stereocenters. The Kier molecular flexibility index (Phi) is 35.6. The van der Waals surface area contributed by atoms with E-state index in [1.807, 2.05) is 58.9 Å². The van der Waals surface area contributed by atoms with Crippen LogP contribution in [0.1, 0.15) is 131 Å². The van der Waals surface area contributed by atoms with Crippen LogP contribution in [0.4, 0.5) is 5.69 Å². The summed E-state index contributed by atoms with van der Waals surface area (Å²) in [5.74, 6) is 0. The summed E-state index contributed by atoms with van der Waals surface area (Å²) < 4.78 is 0. The molecule has 0 amide bonds. The lowest BCUT2D eigenvalue weighted by Crippen LogP contribution is -2.08. The molecule has 0 saturated heterocycles. The van der Waals surface area contributed by atoms with Gasteiger partial charge < -0.3 is 5.73 Å². The molecule has 2 heteroatoms. The third kappa shape index (κ3) is 30.5. The molecule has 2 aromatic rings. The van der Waals surface area contributed by atoms with Gasteiger partial charge in [-0.3, -0.25) is 4.99 Å².